The Morgan fingerprint density at radius 2 is 2.07 bits per heavy atom. The third-order valence-corrected chi connectivity index (χ3v) is 7.75. The molecule has 5 rings (SSSR count). The quantitative estimate of drug-likeness (QED) is 0.699. The molecule has 0 spiro atoms. The summed E-state index contributed by atoms with van der Waals surface area (Å²) >= 11 is 0. The van der Waals surface area contributed by atoms with Crippen molar-refractivity contribution < 1.29 is 8.42 Å². The van der Waals surface area contributed by atoms with E-state index >= 15 is 0 Å². The van der Waals surface area contributed by atoms with Crippen LogP contribution in [0.15, 0.2) is 47.6 Å². The molecule has 0 saturated carbocycles. The van der Waals surface area contributed by atoms with Crippen molar-refractivity contribution >= 4 is 10.0 Å². The summed E-state index contributed by atoms with van der Waals surface area (Å²) in [5, 5.41) is 7.26. The van der Waals surface area contributed by atoms with Gasteiger partial charge in [0.1, 0.15) is 5.82 Å². The summed E-state index contributed by atoms with van der Waals surface area (Å²) in [5.74, 6) is 1.63. The molecule has 0 radical (unpaired) electrons. The van der Waals surface area contributed by atoms with E-state index in [1.807, 2.05) is 24.3 Å². The van der Waals surface area contributed by atoms with Crippen LogP contribution in [-0.4, -0.2) is 46.0 Å². The maximum Gasteiger partial charge on any atom is 0.243 e. The Labute approximate surface area is 170 Å². The van der Waals surface area contributed by atoms with Crippen LogP contribution in [0, 0.1) is 5.92 Å². The van der Waals surface area contributed by atoms with Gasteiger partial charge in [-0.25, -0.2) is 13.4 Å². The molecule has 3 aromatic rings. The maximum absolute atomic E-state index is 13.1. The van der Waals surface area contributed by atoms with Crippen LogP contribution in [0.1, 0.15) is 29.8 Å². The predicted octanol–water partition coefficient (Wildman–Crippen LogP) is 2.61. The van der Waals surface area contributed by atoms with Gasteiger partial charge in [-0.05, 0) is 67.0 Å². The number of rotatable bonds is 5. The molecule has 1 N–H and O–H groups in total. The van der Waals surface area contributed by atoms with Gasteiger partial charge in [-0.15, -0.1) is 0 Å². The minimum Gasteiger partial charge on any atom is -0.264 e. The first-order chi connectivity index (χ1) is 14.1. The number of hydrogen-bond acceptors (Lipinski definition) is 5. The summed E-state index contributed by atoms with van der Waals surface area (Å²) in [7, 11) is -3.44. The van der Waals surface area contributed by atoms with E-state index in [1.165, 1.54) is 11.1 Å². The zero-order chi connectivity index (χ0) is 19.8. The van der Waals surface area contributed by atoms with Crippen LogP contribution in [0.2, 0.25) is 0 Å². The van der Waals surface area contributed by atoms with E-state index in [0.29, 0.717) is 30.2 Å². The van der Waals surface area contributed by atoms with Crippen molar-refractivity contribution in [2.24, 2.45) is 5.92 Å². The van der Waals surface area contributed by atoms with E-state index in [-0.39, 0.29) is 5.92 Å². The molecule has 2 aliphatic rings. The monoisotopic (exact) mass is 409 g/mol. The molecule has 0 bridgehead atoms. The number of hydrogen-bond donors (Lipinski definition) is 1. The molecule has 2 aromatic heterocycles. The van der Waals surface area contributed by atoms with Crippen molar-refractivity contribution in [2.45, 2.75) is 37.0 Å². The topological polar surface area (TPSA) is 91.8 Å². The third-order valence-electron chi connectivity index (χ3n) is 5.89. The van der Waals surface area contributed by atoms with Crippen LogP contribution in [0.4, 0.5) is 0 Å². The normalized spacial score (nSPS) is 19.5. The molecule has 8 heteroatoms. The fraction of sp³-hybridized carbons (Fsp3) is 0.381. The highest BCUT2D eigenvalue weighted by Crippen LogP contribution is 2.30. The predicted molar refractivity (Wildman–Crippen MR) is 109 cm³/mol. The number of nitrogens with zero attached hydrogens (tertiary/aromatic N) is 4. The van der Waals surface area contributed by atoms with E-state index in [2.05, 4.69) is 20.2 Å². The molecular weight excluding hydrogens is 386 g/mol. The fourth-order valence-electron chi connectivity index (χ4n) is 4.32. The van der Waals surface area contributed by atoms with E-state index in [9.17, 15) is 8.42 Å². The number of fused-ring (bicyclic) bond motifs is 1. The van der Waals surface area contributed by atoms with Gasteiger partial charge in [-0.2, -0.15) is 9.40 Å². The fourth-order valence-corrected chi connectivity index (χ4v) is 5.91. The molecule has 0 amide bonds. The van der Waals surface area contributed by atoms with Crippen LogP contribution in [0.25, 0.3) is 11.4 Å². The number of sulfonamides is 1. The van der Waals surface area contributed by atoms with Gasteiger partial charge in [0.2, 0.25) is 10.0 Å². The SMILES string of the molecule is O=S(=O)(c1ccc2c(c1)CCC2)N1CCC(Cc2nc(-c3cccnc3)n[nH]2)C1. The lowest BCUT2D eigenvalue weighted by Crippen LogP contribution is -2.29. The standard InChI is InChI=1S/C21H23N5O2S/c27-29(28,19-7-6-16-3-1-4-17(16)12-19)26-10-8-15(14-26)11-20-23-21(25-24-20)18-5-2-9-22-13-18/h2,5-7,9,12-13,15H,1,3-4,8,10-11,14H2,(H,23,24,25). The molecule has 1 aromatic carbocycles. The smallest absolute Gasteiger partial charge is 0.243 e. The Morgan fingerprint density at radius 3 is 2.93 bits per heavy atom. The number of aryl methyl sites for hydroxylation is 2. The Morgan fingerprint density at radius 1 is 1.17 bits per heavy atom. The van der Waals surface area contributed by atoms with Gasteiger partial charge in [0, 0.05) is 37.5 Å². The largest absolute Gasteiger partial charge is 0.264 e. The van der Waals surface area contributed by atoms with Crippen molar-refractivity contribution in [3.8, 4) is 11.4 Å². The highest BCUT2D eigenvalue weighted by Gasteiger charge is 2.33. The van der Waals surface area contributed by atoms with Gasteiger partial charge in [-0.3, -0.25) is 10.1 Å². The number of nitrogens with one attached hydrogen (secondary N) is 1. The lowest BCUT2D eigenvalue weighted by Gasteiger charge is -2.17. The average Bonchev–Trinajstić information content (AvgIpc) is 3.49. The lowest BCUT2D eigenvalue weighted by molar-refractivity contribution is 0.453. The van der Waals surface area contributed by atoms with Gasteiger partial charge in [0.25, 0.3) is 0 Å². The second kappa shape index (κ2) is 7.35. The Balaban J connectivity index is 1.27. The third kappa shape index (κ3) is 3.58. The zero-order valence-corrected chi connectivity index (χ0v) is 16.9. The highest BCUT2D eigenvalue weighted by molar-refractivity contribution is 7.89. The van der Waals surface area contributed by atoms with Crippen molar-refractivity contribution in [3.63, 3.8) is 0 Å². The first-order valence-corrected chi connectivity index (χ1v) is 11.5. The summed E-state index contributed by atoms with van der Waals surface area (Å²) in [6.45, 7) is 1.07. The Hall–Kier alpha value is -2.58. The number of aromatic amines is 1. The number of H-pyrrole nitrogens is 1. The molecule has 1 aliphatic heterocycles. The summed E-state index contributed by atoms with van der Waals surface area (Å²) in [4.78, 5) is 9.08. The first-order valence-electron chi connectivity index (χ1n) is 10.0. The summed E-state index contributed by atoms with van der Waals surface area (Å²) in [5.41, 5.74) is 3.34. The van der Waals surface area contributed by atoms with Crippen LogP contribution >= 0.6 is 0 Å². The van der Waals surface area contributed by atoms with Gasteiger partial charge in [0.05, 0.1) is 4.90 Å². The Kier molecular flexibility index (Phi) is 4.67. The molecule has 1 atom stereocenters. The minimum absolute atomic E-state index is 0.230. The van der Waals surface area contributed by atoms with E-state index in [0.717, 1.165) is 37.1 Å². The van der Waals surface area contributed by atoms with Gasteiger partial charge in [-0.1, -0.05) is 6.07 Å². The summed E-state index contributed by atoms with van der Waals surface area (Å²) in [6.07, 6.45) is 8.10. The second-order valence-electron chi connectivity index (χ2n) is 7.85. The molecule has 3 heterocycles. The molecule has 1 fully saturated rings. The van der Waals surface area contributed by atoms with Crippen LogP contribution in [0.5, 0.6) is 0 Å². The van der Waals surface area contributed by atoms with Gasteiger partial charge >= 0.3 is 0 Å². The number of pyridine rings is 1. The Bertz CT molecular complexity index is 1130. The van der Waals surface area contributed by atoms with Crippen LogP contribution in [0.3, 0.4) is 0 Å². The molecule has 1 aliphatic carbocycles. The van der Waals surface area contributed by atoms with Crippen molar-refractivity contribution in [1.82, 2.24) is 24.5 Å². The van der Waals surface area contributed by atoms with E-state index in [4.69, 9.17) is 0 Å². The van der Waals surface area contributed by atoms with E-state index < -0.39 is 10.0 Å². The van der Waals surface area contributed by atoms with Crippen molar-refractivity contribution in [1.29, 1.82) is 0 Å². The molecule has 150 valence electrons. The molecule has 29 heavy (non-hydrogen) atoms. The zero-order valence-electron chi connectivity index (χ0n) is 16.1. The maximum atomic E-state index is 13.1. The summed E-state index contributed by atoms with van der Waals surface area (Å²) in [6, 6.07) is 9.40. The number of benzene rings is 1. The lowest BCUT2D eigenvalue weighted by atomic mass is 10.1. The molecular formula is C21H23N5O2S. The van der Waals surface area contributed by atoms with Crippen molar-refractivity contribution in [2.75, 3.05) is 13.1 Å². The van der Waals surface area contributed by atoms with Gasteiger partial charge in [0.15, 0.2) is 5.82 Å². The van der Waals surface area contributed by atoms with Crippen LogP contribution < -0.4 is 0 Å². The van der Waals surface area contributed by atoms with Gasteiger partial charge < -0.3 is 0 Å². The minimum atomic E-state index is -3.44. The number of aromatic nitrogens is 4. The molecule has 7 nitrogen and oxygen atoms in total. The van der Waals surface area contributed by atoms with Crippen molar-refractivity contribution in [3.05, 3.63) is 59.7 Å². The van der Waals surface area contributed by atoms with Crippen LogP contribution in [-0.2, 0) is 29.3 Å². The first kappa shape index (κ1) is 18.4. The highest BCUT2D eigenvalue weighted by atomic mass is 32.2. The molecule has 1 saturated heterocycles. The van der Waals surface area contributed by atoms with E-state index in [1.54, 1.807) is 22.8 Å². The second-order valence-corrected chi connectivity index (χ2v) is 9.79. The molecule has 1 unspecified atom stereocenters. The average molecular weight is 410 g/mol. The summed E-state index contributed by atoms with van der Waals surface area (Å²) < 4.78 is 27.8.